The molecule has 0 bridgehead atoms. The van der Waals surface area contributed by atoms with Crippen molar-refractivity contribution in [3.8, 4) is 0 Å². The monoisotopic (exact) mass is 437 g/mol. The normalized spacial score (nSPS) is 17.8. The maximum Gasteiger partial charge on any atom is 0.273 e. The van der Waals surface area contributed by atoms with Crippen LogP contribution in [0.3, 0.4) is 0 Å². The van der Waals surface area contributed by atoms with Gasteiger partial charge in [0.15, 0.2) is 5.16 Å². The molecule has 0 radical (unpaired) electrons. The molecule has 0 spiro atoms. The molecule has 1 amide bonds. The van der Waals surface area contributed by atoms with Gasteiger partial charge in [-0.05, 0) is 25.0 Å². The summed E-state index contributed by atoms with van der Waals surface area (Å²) in [4.78, 5) is 28.8. The molecule has 2 aromatic rings. The standard InChI is InChI=1S/C18H23N5O4S2/c1-12(2)17-22(15(24)11-28-18-19-16(25)13(3)20-21-18)9-10-23(17)29(26,27)14-7-5-4-6-8-14/h4-8,12,17H,9-11H2,1-3H3,(H,19,21,25). The minimum Gasteiger partial charge on any atom is -0.324 e. The van der Waals surface area contributed by atoms with Crippen LogP contribution in [0.25, 0.3) is 0 Å². The van der Waals surface area contributed by atoms with Crippen LogP contribution in [0.2, 0.25) is 0 Å². The summed E-state index contributed by atoms with van der Waals surface area (Å²) in [5.74, 6) is -0.289. The molecule has 1 saturated heterocycles. The third kappa shape index (κ3) is 4.51. The molecule has 3 rings (SSSR count). The minimum absolute atomic E-state index is 0.0239. The van der Waals surface area contributed by atoms with Gasteiger partial charge in [0, 0.05) is 13.1 Å². The Bertz CT molecular complexity index is 1040. The molecule has 0 saturated carbocycles. The van der Waals surface area contributed by atoms with Gasteiger partial charge in [0.2, 0.25) is 15.9 Å². The fourth-order valence-corrected chi connectivity index (χ4v) is 5.66. The van der Waals surface area contributed by atoms with Gasteiger partial charge in [-0.3, -0.25) is 14.6 Å². The average Bonchev–Trinajstić information content (AvgIpc) is 3.16. The van der Waals surface area contributed by atoms with Crippen molar-refractivity contribution in [1.29, 1.82) is 0 Å². The highest BCUT2D eigenvalue weighted by Crippen LogP contribution is 2.29. The minimum atomic E-state index is -3.71. The Morgan fingerprint density at radius 3 is 2.55 bits per heavy atom. The second-order valence-electron chi connectivity index (χ2n) is 7.01. The Balaban J connectivity index is 1.76. The van der Waals surface area contributed by atoms with Gasteiger partial charge in [-0.25, -0.2) is 8.42 Å². The van der Waals surface area contributed by atoms with E-state index >= 15 is 0 Å². The van der Waals surface area contributed by atoms with E-state index in [4.69, 9.17) is 0 Å². The van der Waals surface area contributed by atoms with Crippen molar-refractivity contribution in [2.45, 2.75) is 37.0 Å². The number of amides is 1. The van der Waals surface area contributed by atoms with Crippen LogP contribution in [-0.4, -0.2) is 63.7 Å². The molecule has 1 unspecified atom stereocenters. The SMILES string of the molecule is Cc1nnc(SCC(=O)N2CCN(S(=O)(=O)c3ccccc3)C2C(C)C)[nH]c1=O. The van der Waals surface area contributed by atoms with Gasteiger partial charge in [-0.2, -0.15) is 4.31 Å². The molecule has 11 heteroatoms. The van der Waals surface area contributed by atoms with Crippen molar-refractivity contribution in [3.63, 3.8) is 0 Å². The van der Waals surface area contributed by atoms with E-state index in [2.05, 4.69) is 15.2 Å². The van der Waals surface area contributed by atoms with Crippen molar-refractivity contribution >= 4 is 27.7 Å². The zero-order valence-corrected chi connectivity index (χ0v) is 18.0. The van der Waals surface area contributed by atoms with E-state index in [0.717, 1.165) is 11.8 Å². The summed E-state index contributed by atoms with van der Waals surface area (Å²) in [5.41, 5.74) is -0.0989. The number of nitrogens with zero attached hydrogens (tertiary/aromatic N) is 4. The summed E-state index contributed by atoms with van der Waals surface area (Å²) in [6.07, 6.45) is -0.573. The quantitative estimate of drug-likeness (QED) is 0.672. The van der Waals surface area contributed by atoms with Gasteiger partial charge < -0.3 is 4.90 Å². The number of aromatic amines is 1. The molecule has 1 aliphatic heterocycles. The van der Waals surface area contributed by atoms with Crippen molar-refractivity contribution in [3.05, 3.63) is 46.4 Å². The van der Waals surface area contributed by atoms with E-state index in [9.17, 15) is 18.0 Å². The Hall–Kier alpha value is -2.24. The molecule has 1 aromatic heterocycles. The first-order valence-electron chi connectivity index (χ1n) is 9.14. The molecule has 2 heterocycles. The number of carbonyl (C=O) groups is 1. The lowest BCUT2D eigenvalue weighted by Crippen LogP contribution is -2.48. The summed E-state index contributed by atoms with van der Waals surface area (Å²) in [7, 11) is -3.71. The summed E-state index contributed by atoms with van der Waals surface area (Å²) in [6, 6.07) is 8.22. The second-order valence-corrected chi connectivity index (χ2v) is 9.86. The topological polar surface area (TPSA) is 116 Å². The summed E-state index contributed by atoms with van der Waals surface area (Å²) in [6.45, 7) is 5.87. The molecule has 1 N–H and O–H groups in total. The van der Waals surface area contributed by atoms with Crippen LogP contribution >= 0.6 is 11.8 Å². The van der Waals surface area contributed by atoms with Crippen LogP contribution < -0.4 is 5.56 Å². The first-order chi connectivity index (χ1) is 13.7. The number of benzene rings is 1. The van der Waals surface area contributed by atoms with Crippen LogP contribution in [-0.2, 0) is 14.8 Å². The van der Waals surface area contributed by atoms with Gasteiger partial charge in [0.25, 0.3) is 5.56 Å². The van der Waals surface area contributed by atoms with Gasteiger partial charge in [-0.1, -0.05) is 43.8 Å². The van der Waals surface area contributed by atoms with Crippen molar-refractivity contribution in [2.75, 3.05) is 18.8 Å². The smallest absolute Gasteiger partial charge is 0.273 e. The molecular weight excluding hydrogens is 414 g/mol. The van der Waals surface area contributed by atoms with E-state index in [1.165, 1.54) is 4.31 Å². The molecule has 1 atom stereocenters. The number of hydrogen-bond donors (Lipinski definition) is 1. The highest BCUT2D eigenvalue weighted by molar-refractivity contribution is 7.99. The Morgan fingerprint density at radius 2 is 1.93 bits per heavy atom. The molecule has 156 valence electrons. The Labute approximate surface area is 173 Å². The van der Waals surface area contributed by atoms with E-state index in [-0.39, 0.29) is 45.4 Å². The molecule has 29 heavy (non-hydrogen) atoms. The zero-order valence-electron chi connectivity index (χ0n) is 16.4. The van der Waals surface area contributed by atoms with Gasteiger partial charge in [0.1, 0.15) is 11.9 Å². The number of carbonyl (C=O) groups excluding carboxylic acids is 1. The van der Waals surface area contributed by atoms with Gasteiger partial charge in [0.05, 0.1) is 10.6 Å². The number of H-pyrrole nitrogens is 1. The molecule has 1 aliphatic rings. The average molecular weight is 438 g/mol. The van der Waals surface area contributed by atoms with Crippen molar-refractivity contribution < 1.29 is 13.2 Å². The van der Waals surface area contributed by atoms with Gasteiger partial charge in [-0.15, -0.1) is 10.2 Å². The van der Waals surface area contributed by atoms with Crippen LogP contribution in [0, 0.1) is 12.8 Å². The van der Waals surface area contributed by atoms with Crippen LogP contribution in [0.1, 0.15) is 19.5 Å². The maximum atomic E-state index is 13.1. The van der Waals surface area contributed by atoms with E-state index in [1.807, 2.05) is 13.8 Å². The third-order valence-corrected chi connectivity index (χ3v) is 7.35. The second kappa shape index (κ2) is 8.64. The van der Waals surface area contributed by atoms with Crippen molar-refractivity contribution in [1.82, 2.24) is 24.4 Å². The number of rotatable bonds is 6. The predicted molar refractivity (Wildman–Crippen MR) is 109 cm³/mol. The zero-order chi connectivity index (χ0) is 21.2. The molecule has 1 aromatic carbocycles. The summed E-state index contributed by atoms with van der Waals surface area (Å²) < 4.78 is 27.6. The van der Waals surface area contributed by atoms with Crippen molar-refractivity contribution in [2.24, 2.45) is 5.92 Å². The van der Waals surface area contributed by atoms with E-state index in [1.54, 1.807) is 42.2 Å². The fraction of sp³-hybridized carbons (Fsp3) is 0.444. The Morgan fingerprint density at radius 1 is 1.24 bits per heavy atom. The number of hydrogen-bond acceptors (Lipinski definition) is 7. The number of thioether (sulfide) groups is 1. The lowest BCUT2D eigenvalue weighted by atomic mass is 10.1. The van der Waals surface area contributed by atoms with Crippen LogP contribution in [0.4, 0.5) is 0 Å². The summed E-state index contributed by atoms with van der Waals surface area (Å²) >= 11 is 1.07. The highest BCUT2D eigenvalue weighted by atomic mass is 32.2. The Kier molecular flexibility index (Phi) is 6.39. The van der Waals surface area contributed by atoms with E-state index < -0.39 is 16.2 Å². The van der Waals surface area contributed by atoms with E-state index in [0.29, 0.717) is 6.54 Å². The first kappa shape index (κ1) is 21.5. The molecular formula is C18H23N5O4S2. The van der Waals surface area contributed by atoms with Crippen LogP contribution in [0.15, 0.2) is 45.2 Å². The number of aromatic nitrogens is 3. The maximum absolute atomic E-state index is 13.1. The molecule has 1 fully saturated rings. The third-order valence-electron chi connectivity index (χ3n) is 4.61. The summed E-state index contributed by atoms with van der Waals surface area (Å²) in [5, 5.41) is 7.87. The van der Waals surface area contributed by atoms with Crippen LogP contribution in [0.5, 0.6) is 0 Å². The number of aryl methyl sites for hydroxylation is 1. The highest BCUT2D eigenvalue weighted by Gasteiger charge is 2.43. The molecule has 0 aliphatic carbocycles. The molecule has 9 nitrogen and oxygen atoms in total. The fourth-order valence-electron chi connectivity index (χ4n) is 3.24. The first-order valence-corrected chi connectivity index (χ1v) is 11.6. The number of nitrogens with one attached hydrogen (secondary N) is 1. The number of sulfonamides is 1. The lowest BCUT2D eigenvalue weighted by molar-refractivity contribution is -0.130. The van der Waals surface area contributed by atoms with Gasteiger partial charge >= 0.3 is 0 Å². The largest absolute Gasteiger partial charge is 0.324 e. The predicted octanol–water partition coefficient (Wildman–Crippen LogP) is 1.08. The lowest BCUT2D eigenvalue weighted by Gasteiger charge is -2.32.